The second kappa shape index (κ2) is 7.74. The number of pyridine rings is 1. The van der Waals surface area contributed by atoms with E-state index in [9.17, 15) is 4.79 Å². The van der Waals surface area contributed by atoms with E-state index in [0.717, 1.165) is 49.4 Å². The zero-order valence-corrected chi connectivity index (χ0v) is 15.6. The molecule has 5 heteroatoms. The number of amides is 1. The molecule has 138 valence electrons. The molecule has 0 bridgehead atoms. The number of rotatable bonds is 4. The number of imidazole rings is 1. The van der Waals surface area contributed by atoms with Crippen molar-refractivity contribution in [3.63, 3.8) is 0 Å². The smallest absolute Gasteiger partial charge is 0.253 e. The minimum absolute atomic E-state index is 0.116. The van der Waals surface area contributed by atoms with Crippen molar-refractivity contribution in [3.05, 3.63) is 83.7 Å². The number of carbonyl (C=O) groups excluding carboxylic acids is 1. The number of aryl methyl sites for hydroxylation is 1. The third-order valence-electron chi connectivity index (χ3n) is 5.20. The molecular formula is C22H24N4O. The van der Waals surface area contributed by atoms with Crippen molar-refractivity contribution in [2.75, 3.05) is 13.1 Å². The molecule has 3 aromatic rings. The van der Waals surface area contributed by atoms with Crippen molar-refractivity contribution in [2.45, 2.75) is 32.2 Å². The lowest BCUT2D eigenvalue weighted by atomic mass is 9.96. The van der Waals surface area contributed by atoms with E-state index in [4.69, 9.17) is 0 Å². The highest BCUT2D eigenvalue weighted by molar-refractivity contribution is 5.94. The Balaban J connectivity index is 1.50. The van der Waals surface area contributed by atoms with Gasteiger partial charge in [-0.2, -0.15) is 0 Å². The highest BCUT2D eigenvalue weighted by Crippen LogP contribution is 2.27. The summed E-state index contributed by atoms with van der Waals surface area (Å²) in [7, 11) is 0. The SMILES string of the molecule is Cc1ccc(C(=O)N2CCC[C@H](c3nccn3Cc3cccnc3)C2)cc1. The minimum Gasteiger partial charge on any atom is -0.338 e. The predicted octanol–water partition coefficient (Wildman–Crippen LogP) is 3.65. The van der Waals surface area contributed by atoms with Gasteiger partial charge in [0.05, 0.1) is 6.54 Å². The lowest BCUT2D eigenvalue weighted by molar-refractivity contribution is 0.0703. The monoisotopic (exact) mass is 360 g/mol. The van der Waals surface area contributed by atoms with Crippen LogP contribution in [0.4, 0.5) is 0 Å². The van der Waals surface area contributed by atoms with E-state index >= 15 is 0 Å². The van der Waals surface area contributed by atoms with Gasteiger partial charge < -0.3 is 9.47 Å². The first kappa shape index (κ1) is 17.5. The van der Waals surface area contributed by atoms with E-state index < -0.39 is 0 Å². The number of benzene rings is 1. The molecule has 27 heavy (non-hydrogen) atoms. The van der Waals surface area contributed by atoms with Crippen molar-refractivity contribution < 1.29 is 4.79 Å². The van der Waals surface area contributed by atoms with Gasteiger partial charge in [0, 0.05) is 49.4 Å². The summed E-state index contributed by atoms with van der Waals surface area (Å²) in [6.07, 6.45) is 9.60. The maximum atomic E-state index is 12.9. The second-order valence-corrected chi connectivity index (χ2v) is 7.23. The van der Waals surface area contributed by atoms with E-state index in [0.29, 0.717) is 0 Å². The Morgan fingerprint density at radius 1 is 1.19 bits per heavy atom. The maximum Gasteiger partial charge on any atom is 0.253 e. The van der Waals surface area contributed by atoms with Gasteiger partial charge in [0.1, 0.15) is 5.82 Å². The number of piperidine rings is 1. The summed E-state index contributed by atoms with van der Waals surface area (Å²) in [6.45, 7) is 4.32. The van der Waals surface area contributed by atoms with Gasteiger partial charge in [-0.1, -0.05) is 23.8 Å². The molecule has 0 radical (unpaired) electrons. The summed E-state index contributed by atoms with van der Waals surface area (Å²) in [5, 5.41) is 0. The molecule has 1 aliphatic heterocycles. The molecule has 0 spiro atoms. The highest BCUT2D eigenvalue weighted by Gasteiger charge is 2.28. The van der Waals surface area contributed by atoms with Crippen molar-refractivity contribution in [2.24, 2.45) is 0 Å². The number of nitrogens with zero attached hydrogens (tertiary/aromatic N) is 4. The number of carbonyl (C=O) groups is 1. The summed E-state index contributed by atoms with van der Waals surface area (Å²) in [4.78, 5) is 23.7. The van der Waals surface area contributed by atoms with E-state index in [1.807, 2.05) is 60.7 Å². The largest absolute Gasteiger partial charge is 0.338 e. The van der Waals surface area contributed by atoms with Crippen LogP contribution < -0.4 is 0 Å². The summed E-state index contributed by atoms with van der Waals surface area (Å²) in [5.41, 5.74) is 3.08. The molecule has 1 amide bonds. The van der Waals surface area contributed by atoms with Crippen molar-refractivity contribution in [1.29, 1.82) is 0 Å². The number of aromatic nitrogens is 3. The topological polar surface area (TPSA) is 51.0 Å². The molecule has 0 saturated carbocycles. The van der Waals surface area contributed by atoms with Gasteiger partial charge in [-0.15, -0.1) is 0 Å². The van der Waals surface area contributed by atoms with Gasteiger partial charge in [0.2, 0.25) is 0 Å². The highest BCUT2D eigenvalue weighted by atomic mass is 16.2. The normalized spacial score (nSPS) is 17.1. The third-order valence-corrected chi connectivity index (χ3v) is 5.20. The molecule has 4 rings (SSSR count). The summed E-state index contributed by atoms with van der Waals surface area (Å²) in [5.74, 6) is 1.44. The fourth-order valence-corrected chi connectivity index (χ4v) is 3.75. The molecule has 0 N–H and O–H groups in total. The van der Waals surface area contributed by atoms with Crippen LogP contribution in [0.2, 0.25) is 0 Å². The van der Waals surface area contributed by atoms with Gasteiger partial charge >= 0.3 is 0 Å². The van der Waals surface area contributed by atoms with Crippen molar-refractivity contribution >= 4 is 5.91 Å². The van der Waals surface area contributed by atoms with Gasteiger partial charge in [-0.05, 0) is 43.5 Å². The van der Waals surface area contributed by atoms with Gasteiger partial charge in [0.15, 0.2) is 0 Å². The molecule has 1 atom stereocenters. The average Bonchev–Trinajstić information content (AvgIpc) is 3.17. The fraction of sp³-hybridized carbons (Fsp3) is 0.318. The molecule has 3 heterocycles. The molecule has 5 nitrogen and oxygen atoms in total. The van der Waals surface area contributed by atoms with E-state index in [1.54, 1.807) is 6.20 Å². The van der Waals surface area contributed by atoms with E-state index in [1.165, 1.54) is 5.56 Å². The molecule has 1 aromatic carbocycles. The van der Waals surface area contributed by atoms with Gasteiger partial charge in [-0.25, -0.2) is 4.98 Å². The van der Waals surface area contributed by atoms with Crippen LogP contribution in [-0.4, -0.2) is 38.4 Å². The Morgan fingerprint density at radius 3 is 2.81 bits per heavy atom. The molecule has 1 fully saturated rings. The van der Waals surface area contributed by atoms with Crippen LogP contribution in [0.3, 0.4) is 0 Å². The van der Waals surface area contributed by atoms with Gasteiger partial charge in [-0.3, -0.25) is 9.78 Å². The molecule has 2 aromatic heterocycles. The Labute approximate surface area is 159 Å². The first-order valence-electron chi connectivity index (χ1n) is 9.46. The van der Waals surface area contributed by atoms with Crippen LogP contribution >= 0.6 is 0 Å². The first-order chi connectivity index (χ1) is 13.2. The van der Waals surface area contributed by atoms with E-state index in [2.05, 4.69) is 20.6 Å². The molecule has 0 aliphatic carbocycles. The standard InChI is InChI=1S/C22H24N4O/c1-17-6-8-19(9-7-17)22(27)26-12-3-5-20(16-26)21-24-11-13-25(21)15-18-4-2-10-23-14-18/h2,4,6-11,13-14,20H,3,5,12,15-16H2,1H3/t20-/m0/s1. The van der Waals surface area contributed by atoms with Crippen LogP contribution in [0.1, 0.15) is 46.1 Å². The van der Waals surface area contributed by atoms with E-state index in [-0.39, 0.29) is 11.8 Å². The lowest BCUT2D eigenvalue weighted by Gasteiger charge is -2.33. The summed E-state index contributed by atoms with van der Waals surface area (Å²) in [6, 6.07) is 11.9. The van der Waals surface area contributed by atoms with Crippen LogP contribution in [0.15, 0.2) is 61.2 Å². The Morgan fingerprint density at radius 2 is 2.04 bits per heavy atom. The second-order valence-electron chi connectivity index (χ2n) is 7.23. The van der Waals surface area contributed by atoms with Crippen LogP contribution in [-0.2, 0) is 6.54 Å². The molecule has 1 saturated heterocycles. The van der Waals surface area contributed by atoms with Crippen LogP contribution in [0.5, 0.6) is 0 Å². The quantitative estimate of drug-likeness (QED) is 0.713. The third kappa shape index (κ3) is 3.92. The number of likely N-dealkylation sites (tertiary alicyclic amines) is 1. The number of hydrogen-bond acceptors (Lipinski definition) is 3. The molecule has 1 aliphatic rings. The Bertz CT molecular complexity index is 902. The Kier molecular flexibility index (Phi) is 5.01. The van der Waals surface area contributed by atoms with Crippen LogP contribution in [0.25, 0.3) is 0 Å². The summed E-state index contributed by atoms with van der Waals surface area (Å²) < 4.78 is 2.18. The van der Waals surface area contributed by atoms with Gasteiger partial charge in [0.25, 0.3) is 5.91 Å². The molecular weight excluding hydrogens is 336 g/mol. The fourth-order valence-electron chi connectivity index (χ4n) is 3.75. The van der Waals surface area contributed by atoms with Crippen molar-refractivity contribution in [3.8, 4) is 0 Å². The zero-order valence-electron chi connectivity index (χ0n) is 15.6. The van der Waals surface area contributed by atoms with Crippen LogP contribution in [0, 0.1) is 6.92 Å². The number of hydrogen-bond donors (Lipinski definition) is 0. The zero-order chi connectivity index (χ0) is 18.6. The lowest BCUT2D eigenvalue weighted by Crippen LogP contribution is -2.39. The Hall–Kier alpha value is -2.95. The first-order valence-corrected chi connectivity index (χ1v) is 9.46. The summed E-state index contributed by atoms with van der Waals surface area (Å²) >= 11 is 0. The predicted molar refractivity (Wildman–Crippen MR) is 105 cm³/mol. The maximum absolute atomic E-state index is 12.9. The molecule has 0 unspecified atom stereocenters. The van der Waals surface area contributed by atoms with Crippen molar-refractivity contribution in [1.82, 2.24) is 19.4 Å². The minimum atomic E-state index is 0.116. The average molecular weight is 360 g/mol.